The van der Waals surface area contributed by atoms with E-state index in [0.29, 0.717) is 11.3 Å². The van der Waals surface area contributed by atoms with Crippen LogP contribution in [0, 0.1) is 5.82 Å². The molecule has 116 valence electrons. The lowest BCUT2D eigenvalue weighted by Crippen LogP contribution is -1.96. The van der Waals surface area contributed by atoms with Gasteiger partial charge in [-0.15, -0.1) is 0 Å². The SMILES string of the molecule is Fc1ccccc1-c1cc(-c2cc(-n3cccn3)ccn2)ccn1. The first kappa shape index (κ1) is 14.3. The van der Waals surface area contributed by atoms with Gasteiger partial charge in [0.05, 0.1) is 17.1 Å². The summed E-state index contributed by atoms with van der Waals surface area (Å²) in [6, 6.07) is 16.0. The molecule has 0 N–H and O–H groups in total. The van der Waals surface area contributed by atoms with Gasteiger partial charge in [0, 0.05) is 35.9 Å². The number of benzene rings is 1. The number of nitrogens with zero attached hydrogens (tertiary/aromatic N) is 4. The van der Waals surface area contributed by atoms with E-state index >= 15 is 0 Å². The maximum atomic E-state index is 14.0. The molecule has 4 aromatic rings. The smallest absolute Gasteiger partial charge is 0.132 e. The van der Waals surface area contributed by atoms with E-state index in [0.717, 1.165) is 16.9 Å². The number of aromatic nitrogens is 4. The van der Waals surface area contributed by atoms with Crippen LogP contribution in [0.2, 0.25) is 0 Å². The van der Waals surface area contributed by atoms with Crippen molar-refractivity contribution in [2.24, 2.45) is 0 Å². The van der Waals surface area contributed by atoms with E-state index in [1.807, 2.05) is 36.5 Å². The van der Waals surface area contributed by atoms with Crippen molar-refractivity contribution < 1.29 is 4.39 Å². The highest BCUT2D eigenvalue weighted by Gasteiger charge is 2.08. The molecule has 0 aliphatic heterocycles. The van der Waals surface area contributed by atoms with E-state index < -0.39 is 0 Å². The molecule has 0 unspecified atom stereocenters. The molecule has 0 amide bonds. The first-order valence-electron chi connectivity index (χ1n) is 7.49. The third-order valence-electron chi connectivity index (χ3n) is 3.72. The minimum Gasteiger partial charge on any atom is -0.256 e. The van der Waals surface area contributed by atoms with Gasteiger partial charge >= 0.3 is 0 Å². The van der Waals surface area contributed by atoms with E-state index in [4.69, 9.17) is 0 Å². The Labute approximate surface area is 138 Å². The van der Waals surface area contributed by atoms with Crippen molar-refractivity contribution in [2.75, 3.05) is 0 Å². The molecule has 0 aliphatic carbocycles. The van der Waals surface area contributed by atoms with Crippen molar-refractivity contribution in [1.82, 2.24) is 19.7 Å². The summed E-state index contributed by atoms with van der Waals surface area (Å²) in [5.74, 6) is -0.291. The Morgan fingerprint density at radius 3 is 2.46 bits per heavy atom. The van der Waals surface area contributed by atoms with Crippen molar-refractivity contribution in [3.05, 3.63) is 85.2 Å². The van der Waals surface area contributed by atoms with Crippen LogP contribution in [0.4, 0.5) is 4.39 Å². The Kier molecular flexibility index (Phi) is 3.59. The maximum Gasteiger partial charge on any atom is 0.132 e. The van der Waals surface area contributed by atoms with Crippen LogP contribution >= 0.6 is 0 Å². The summed E-state index contributed by atoms with van der Waals surface area (Å²) in [4.78, 5) is 8.70. The van der Waals surface area contributed by atoms with Crippen LogP contribution < -0.4 is 0 Å². The summed E-state index contributed by atoms with van der Waals surface area (Å²) in [5.41, 5.74) is 3.62. The normalized spacial score (nSPS) is 10.7. The first-order chi connectivity index (χ1) is 11.8. The van der Waals surface area contributed by atoms with Crippen LogP contribution in [0.5, 0.6) is 0 Å². The van der Waals surface area contributed by atoms with Gasteiger partial charge in [-0.1, -0.05) is 12.1 Å². The van der Waals surface area contributed by atoms with E-state index in [-0.39, 0.29) is 5.82 Å². The first-order valence-corrected chi connectivity index (χ1v) is 7.49. The van der Waals surface area contributed by atoms with E-state index in [9.17, 15) is 4.39 Å². The molecule has 4 nitrogen and oxygen atoms in total. The van der Waals surface area contributed by atoms with Gasteiger partial charge in [-0.25, -0.2) is 9.07 Å². The van der Waals surface area contributed by atoms with Crippen molar-refractivity contribution in [1.29, 1.82) is 0 Å². The van der Waals surface area contributed by atoms with Gasteiger partial charge in [-0.2, -0.15) is 5.10 Å². The summed E-state index contributed by atoms with van der Waals surface area (Å²) in [7, 11) is 0. The Hall–Kier alpha value is -3.34. The van der Waals surface area contributed by atoms with Crippen molar-refractivity contribution in [3.63, 3.8) is 0 Å². The molecule has 0 bridgehead atoms. The largest absolute Gasteiger partial charge is 0.256 e. The fourth-order valence-electron chi connectivity index (χ4n) is 2.55. The fourth-order valence-corrected chi connectivity index (χ4v) is 2.55. The topological polar surface area (TPSA) is 43.6 Å². The average molecular weight is 316 g/mol. The molecule has 0 spiro atoms. The number of pyridine rings is 2. The van der Waals surface area contributed by atoms with Gasteiger partial charge in [-0.3, -0.25) is 9.97 Å². The van der Waals surface area contributed by atoms with Crippen LogP contribution in [0.3, 0.4) is 0 Å². The third kappa shape index (κ3) is 2.67. The summed E-state index contributed by atoms with van der Waals surface area (Å²) >= 11 is 0. The fraction of sp³-hybridized carbons (Fsp3) is 0. The monoisotopic (exact) mass is 316 g/mol. The highest BCUT2D eigenvalue weighted by Crippen LogP contribution is 2.26. The second-order valence-corrected chi connectivity index (χ2v) is 5.26. The Balaban J connectivity index is 1.77. The van der Waals surface area contributed by atoms with Gasteiger partial charge in [0.15, 0.2) is 0 Å². The highest BCUT2D eigenvalue weighted by molar-refractivity contribution is 5.69. The van der Waals surface area contributed by atoms with Crippen LogP contribution in [-0.2, 0) is 0 Å². The molecule has 3 aromatic heterocycles. The molecule has 1 aromatic carbocycles. The van der Waals surface area contributed by atoms with Gasteiger partial charge in [0.1, 0.15) is 5.82 Å². The van der Waals surface area contributed by atoms with Crippen LogP contribution in [0.15, 0.2) is 79.4 Å². The van der Waals surface area contributed by atoms with Gasteiger partial charge in [-0.05, 0) is 42.5 Å². The molecule has 0 aliphatic rings. The predicted octanol–water partition coefficient (Wildman–Crippen LogP) is 4.14. The van der Waals surface area contributed by atoms with E-state index in [2.05, 4.69) is 15.1 Å². The molecule has 0 radical (unpaired) electrons. The quantitative estimate of drug-likeness (QED) is 0.570. The van der Waals surface area contributed by atoms with Gasteiger partial charge < -0.3 is 0 Å². The minimum atomic E-state index is -0.291. The Morgan fingerprint density at radius 2 is 1.62 bits per heavy atom. The number of rotatable bonds is 3. The molecule has 0 atom stereocenters. The predicted molar refractivity (Wildman–Crippen MR) is 90.0 cm³/mol. The average Bonchev–Trinajstić information content (AvgIpc) is 3.17. The lowest BCUT2D eigenvalue weighted by atomic mass is 10.1. The molecule has 5 heteroatoms. The zero-order valence-electron chi connectivity index (χ0n) is 12.7. The Bertz CT molecular complexity index is 980. The minimum absolute atomic E-state index is 0.291. The molecule has 0 saturated carbocycles. The van der Waals surface area contributed by atoms with Crippen molar-refractivity contribution in [3.8, 4) is 28.2 Å². The summed E-state index contributed by atoms with van der Waals surface area (Å²) in [6.07, 6.45) is 6.99. The van der Waals surface area contributed by atoms with Gasteiger partial charge in [0.25, 0.3) is 0 Å². The Morgan fingerprint density at radius 1 is 0.792 bits per heavy atom. The second kappa shape index (κ2) is 6.04. The van der Waals surface area contributed by atoms with Crippen LogP contribution in [0.25, 0.3) is 28.2 Å². The summed E-state index contributed by atoms with van der Waals surface area (Å²) < 4.78 is 15.8. The van der Waals surface area contributed by atoms with Crippen LogP contribution in [0.1, 0.15) is 0 Å². The molecule has 4 rings (SSSR count). The molecule has 24 heavy (non-hydrogen) atoms. The zero-order chi connectivity index (χ0) is 16.4. The van der Waals surface area contributed by atoms with Crippen LogP contribution in [-0.4, -0.2) is 19.7 Å². The summed E-state index contributed by atoms with van der Waals surface area (Å²) in [6.45, 7) is 0. The highest BCUT2D eigenvalue weighted by atomic mass is 19.1. The molecular formula is C19H13FN4. The lowest BCUT2D eigenvalue weighted by Gasteiger charge is -2.07. The summed E-state index contributed by atoms with van der Waals surface area (Å²) in [5, 5.41) is 4.22. The van der Waals surface area contributed by atoms with E-state index in [1.54, 1.807) is 41.5 Å². The molecule has 3 heterocycles. The van der Waals surface area contributed by atoms with E-state index in [1.165, 1.54) is 6.07 Å². The van der Waals surface area contributed by atoms with Crippen molar-refractivity contribution in [2.45, 2.75) is 0 Å². The third-order valence-corrected chi connectivity index (χ3v) is 3.72. The second-order valence-electron chi connectivity index (χ2n) is 5.26. The standard InChI is InChI=1S/C19H13FN4/c20-17-5-2-1-4-16(17)19-12-14(6-9-22-19)18-13-15(7-10-21-18)24-11-3-8-23-24/h1-13H. The molecule has 0 fully saturated rings. The van der Waals surface area contributed by atoms with Crippen molar-refractivity contribution >= 4 is 0 Å². The van der Waals surface area contributed by atoms with Gasteiger partial charge in [0.2, 0.25) is 0 Å². The molecular weight excluding hydrogens is 303 g/mol. The zero-order valence-corrected chi connectivity index (χ0v) is 12.7. The number of hydrogen-bond donors (Lipinski definition) is 0. The number of hydrogen-bond acceptors (Lipinski definition) is 3. The number of halogens is 1. The maximum absolute atomic E-state index is 14.0. The lowest BCUT2D eigenvalue weighted by molar-refractivity contribution is 0.631. The molecule has 0 saturated heterocycles.